The number of methoxy groups -OCH3 is 1. The van der Waals surface area contributed by atoms with Crippen LogP contribution in [0.25, 0.3) is 0 Å². The summed E-state index contributed by atoms with van der Waals surface area (Å²) < 4.78 is 5.35. The molecule has 22 heavy (non-hydrogen) atoms. The maximum atomic E-state index is 5.91. The van der Waals surface area contributed by atoms with E-state index in [1.165, 1.54) is 57.3 Å². The lowest BCUT2D eigenvalue weighted by molar-refractivity contribution is 0.175. The zero-order valence-electron chi connectivity index (χ0n) is 13.8. The van der Waals surface area contributed by atoms with Gasteiger partial charge < -0.3 is 20.3 Å². The van der Waals surface area contributed by atoms with Gasteiger partial charge in [-0.1, -0.05) is 12.8 Å². The SMILES string of the molecule is COc1cc(N2CCC(N3CCCCCC3)CC2)ccc1N. The first-order valence-corrected chi connectivity index (χ1v) is 8.70. The molecule has 0 bridgehead atoms. The van der Waals surface area contributed by atoms with E-state index < -0.39 is 0 Å². The van der Waals surface area contributed by atoms with Gasteiger partial charge in [-0.2, -0.15) is 0 Å². The van der Waals surface area contributed by atoms with Gasteiger partial charge in [0.05, 0.1) is 12.8 Å². The van der Waals surface area contributed by atoms with Crippen molar-refractivity contribution in [3.05, 3.63) is 18.2 Å². The molecule has 2 aliphatic heterocycles. The van der Waals surface area contributed by atoms with Gasteiger partial charge in [0, 0.05) is 30.9 Å². The normalized spacial score (nSPS) is 21.6. The van der Waals surface area contributed by atoms with Crippen molar-refractivity contribution in [2.45, 2.75) is 44.6 Å². The Morgan fingerprint density at radius 3 is 2.32 bits per heavy atom. The number of rotatable bonds is 3. The Balaban J connectivity index is 1.59. The van der Waals surface area contributed by atoms with Gasteiger partial charge in [0.15, 0.2) is 0 Å². The van der Waals surface area contributed by atoms with Gasteiger partial charge >= 0.3 is 0 Å². The minimum atomic E-state index is 0.714. The number of nitrogens with two attached hydrogens (primary N) is 1. The molecule has 2 heterocycles. The fourth-order valence-electron chi connectivity index (χ4n) is 3.85. The van der Waals surface area contributed by atoms with Gasteiger partial charge in [0.1, 0.15) is 5.75 Å². The Hall–Kier alpha value is -1.42. The number of benzene rings is 1. The first kappa shape index (κ1) is 15.5. The molecule has 3 rings (SSSR count). The predicted octanol–water partition coefficient (Wildman–Crippen LogP) is 3.12. The van der Waals surface area contributed by atoms with Crippen molar-refractivity contribution in [3.63, 3.8) is 0 Å². The van der Waals surface area contributed by atoms with Crippen molar-refractivity contribution in [2.24, 2.45) is 0 Å². The zero-order chi connectivity index (χ0) is 15.4. The minimum Gasteiger partial charge on any atom is -0.495 e. The second-order valence-corrected chi connectivity index (χ2v) is 6.59. The van der Waals surface area contributed by atoms with E-state index in [1.807, 2.05) is 6.07 Å². The Kier molecular flexibility index (Phi) is 5.08. The molecule has 2 fully saturated rings. The van der Waals surface area contributed by atoms with Gasteiger partial charge in [0.25, 0.3) is 0 Å². The molecular formula is C18H29N3O. The summed E-state index contributed by atoms with van der Waals surface area (Å²) in [5.74, 6) is 0.784. The number of ether oxygens (including phenoxy) is 1. The van der Waals surface area contributed by atoms with Crippen LogP contribution >= 0.6 is 0 Å². The van der Waals surface area contributed by atoms with E-state index in [1.54, 1.807) is 7.11 Å². The topological polar surface area (TPSA) is 41.7 Å². The van der Waals surface area contributed by atoms with Crippen LogP contribution in [0.3, 0.4) is 0 Å². The summed E-state index contributed by atoms with van der Waals surface area (Å²) in [5.41, 5.74) is 7.86. The third-order valence-corrected chi connectivity index (χ3v) is 5.20. The number of hydrogen-bond acceptors (Lipinski definition) is 4. The lowest BCUT2D eigenvalue weighted by Gasteiger charge is -2.39. The number of anilines is 2. The zero-order valence-corrected chi connectivity index (χ0v) is 13.8. The Labute approximate surface area is 134 Å². The molecule has 0 amide bonds. The van der Waals surface area contributed by atoms with Crippen LogP contribution in [-0.4, -0.2) is 44.2 Å². The first-order valence-electron chi connectivity index (χ1n) is 8.70. The molecule has 2 N–H and O–H groups in total. The summed E-state index contributed by atoms with van der Waals surface area (Å²) in [6.07, 6.45) is 8.14. The summed E-state index contributed by atoms with van der Waals surface area (Å²) in [5, 5.41) is 0. The molecule has 4 nitrogen and oxygen atoms in total. The molecule has 0 aromatic heterocycles. The van der Waals surface area contributed by atoms with Crippen LogP contribution in [0.4, 0.5) is 11.4 Å². The Morgan fingerprint density at radius 2 is 1.68 bits per heavy atom. The maximum absolute atomic E-state index is 5.91. The van der Waals surface area contributed by atoms with Crippen LogP contribution in [0.2, 0.25) is 0 Å². The average Bonchev–Trinajstić information content (AvgIpc) is 2.85. The summed E-state index contributed by atoms with van der Waals surface area (Å²) in [7, 11) is 1.68. The van der Waals surface area contributed by atoms with Crippen LogP contribution < -0.4 is 15.4 Å². The molecule has 0 saturated carbocycles. The van der Waals surface area contributed by atoms with Gasteiger partial charge in [-0.25, -0.2) is 0 Å². The van der Waals surface area contributed by atoms with Crippen molar-refractivity contribution >= 4 is 11.4 Å². The summed E-state index contributed by atoms with van der Waals surface area (Å²) in [6.45, 7) is 4.88. The third kappa shape index (κ3) is 3.49. The van der Waals surface area contributed by atoms with E-state index >= 15 is 0 Å². The Bertz CT molecular complexity index is 475. The van der Waals surface area contributed by atoms with Crippen molar-refractivity contribution in [2.75, 3.05) is 43.9 Å². The van der Waals surface area contributed by atoms with Crippen LogP contribution in [0.15, 0.2) is 18.2 Å². The van der Waals surface area contributed by atoms with Gasteiger partial charge in [0.2, 0.25) is 0 Å². The molecule has 0 spiro atoms. The average molecular weight is 303 g/mol. The molecule has 122 valence electrons. The van der Waals surface area contributed by atoms with Crippen molar-refractivity contribution < 1.29 is 4.74 Å². The highest BCUT2D eigenvalue weighted by molar-refractivity contribution is 5.62. The highest BCUT2D eigenvalue weighted by Crippen LogP contribution is 2.30. The number of likely N-dealkylation sites (tertiary alicyclic amines) is 1. The van der Waals surface area contributed by atoms with E-state index in [0.717, 1.165) is 24.9 Å². The van der Waals surface area contributed by atoms with Crippen LogP contribution in [0.5, 0.6) is 5.75 Å². The van der Waals surface area contributed by atoms with Crippen LogP contribution in [0, 0.1) is 0 Å². The van der Waals surface area contributed by atoms with Crippen LogP contribution in [0.1, 0.15) is 38.5 Å². The fourth-order valence-corrected chi connectivity index (χ4v) is 3.85. The number of nitrogen functional groups attached to an aromatic ring is 1. The maximum Gasteiger partial charge on any atom is 0.143 e. The molecule has 0 atom stereocenters. The van der Waals surface area contributed by atoms with Crippen molar-refractivity contribution in [1.29, 1.82) is 0 Å². The molecule has 2 saturated heterocycles. The van der Waals surface area contributed by atoms with E-state index in [9.17, 15) is 0 Å². The van der Waals surface area contributed by atoms with E-state index in [4.69, 9.17) is 10.5 Å². The quantitative estimate of drug-likeness (QED) is 0.871. The second-order valence-electron chi connectivity index (χ2n) is 6.59. The molecule has 0 radical (unpaired) electrons. The third-order valence-electron chi connectivity index (χ3n) is 5.20. The van der Waals surface area contributed by atoms with E-state index in [0.29, 0.717) is 5.69 Å². The minimum absolute atomic E-state index is 0.714. The Morgan fingerprint density at radius 1 is 1.00 bits per heavy atom. The molecule has 0 aliphatic carbocycles. The lowest BCUT2D eigenvalue weighted by Crippen LogP contribution is -2.45. The molecule has 2 aliphatic rings. The summed E-state index contributed by atoms with van der Waals surface area (Å²) >= 11 is 0. The van der Waals surface area contributed by atoms with Crippen molar-refractivity contribution in [3.8, 4) is 5.75 Å². The van der Waals surface area contributed by atoms with E-state index in [-0.39, 0.29) is 0 Å². The van der Waals surface area contributed by atoms with Gasteiger partial charge in [-0.15, -0.1) is 0 Å². The number of piperidine rings is 1. The molecular weight excluding hydrogens is 274 g/mol. The largest absolute Gasteiger partial charge is 0.495 e. The number of hydrogen-bond donors (Lipinski definition) is 1. The molecule has 0 unspecified atom stereocenters. The van der Waals surface area contributed by atoms with Crippen LogP contribution in [-0.2, 0) is 0 Å². The van der Waals surface area contributed by atoms with Gasteiger partial charge in [-0.3, -0.25) is 0 Å². The summed E-state index contributed by atoms with van der Waals surface area (Å²) in [6, 6.07) is 6.92. The van der Waals surface area contributed by atoms with Crippen molar-refractivity contribution in [1.82, 2.24) is 4.90 Å². The highest BCUT2D eigenvalue weighted by atomic mass is 16.5. The lowest BCUT2D eigenvalue weighted by atomic mass is 10.0. The first-order chi connectivity index (χ1) is 10.8. The molecule has 4 heteroatoms. The fraction of sp³-hybridized carbons (Fsp3) is 0.667. The second kappa shape index (κ2) is 7.23. The number of nitrogens with zero attached hydrogens (tertiary/aromatic N) is 2. The molecule has 1 aromatic rings. The van der Waals surface area contributed by atoms with Gasteiger partial charge in [-0.05, 0) is 50.9 Å². The molecule has 1 aromatic carbocycles. The standard InChI is InChI=1S/C18H29N3O/c1-22-18-14-16(6-7-17(18)19)21-12-8-15(9-13-21)20-10-4-2-3-5-11-20/h6-7,14-15H,2-5,8-13,19H2,1H3. The van der Waals surface area contributed by atoms with E-state index in [2.05, 4.69) is 21.9 Å². The smallest absolute Gasteiger partial charge is 0.143 e. The predicted molar refractivity (Wildman–Crippen MR) is 92.7 cm³/mol. The monoisotopic (exact) mass is 303 g/mol. The highest BCUT2D eigenvalue weighted by Gasteiger charge is 2.25. The summed E-state index contributed by atoms with van der Waals surface area (Å²) in [4.78, 5) is 5.21.